The van der Waals surface area contributed by atoms with E-state index < -0.39 is 129 Å². The number of amides is 4. The molecule has 5 aliphatic rings. The lowest BCUT2D eigenvalue weighted by molar-refractivity contribution is -0.144. The number of nitrogens with one attached hydrogen (secondary N) is 3. The summed E-state index contributed by atoms with van der Waals surface area (Å²) in [4.78, 5) is 66.4. The quantitative estimate of drug-likeness (QED) is 0.289. The van der Waals surface area contributed by atoms with Gasteiger partial charge in [-0.1, -0.05) is 40.5 Å². The number of nitrogens with zero attached hydrogens (tertiary/aromatic N) is 3. The fourth-order valence-corrected chi connectivity index (χ4v) is 9.89. The fourth-order valence-electron chi connectivity index (χ4n) is 8.52. The average Bonchev–Trinajstić information content (AvgIpc) is 4.08. The van der Waals surface area contributed by atoms with Gasteiger partial charge in [0.25, 0.3) is 11.8 Å². The van der Waals surface area contributed by atoms with Gasteiger partial charge in [0.15, 0.2) is 5.69 Å². The highest BCUT2D eigenvalue weighted by atomic mass is 32.2. The molecule has 0 spiro atoms. The van der Waals surface area contributed by atoms with Gasteiger partial charge in [0.2, 0.25) is 34.1 Å². The second-order valence-corrected chi connectivity index (χ2v) is 19.9. The van der Waals surface area contributed by atoms with Crippen molar-refractivity contribution >= 4 is 44.9 Å². The fraction of sp³-hybridized carbons (Fsp3) is 0.700. The highest BCUT2D eigenvalue weighted by Crippen LogP contribution is 2.49. The number of rotatable bonds is 9. The average molecular weight is 869 g/mol. The number of carbonyl (C=O) groups excluding carboxylic acids is 4. The van der Waals surface area contributed by atoms with Crippen LogP contribution in [0.25, 0.3) is 11.0 Å². The van der Waals surface area contributed by atoms with Crippen LogP contribution in [0.5, 0.6) is 11.6 Å². The van der Waals surface area contributed by atoms with Crippen molar-refractivity contribution in [1.82, 2.24) is 30.2 Å². The molecule has 1 unspecified atom stereocenters. The number of carbonyl (C=O) groups is 4. The molecule has 1 aromatic carbocycles. The van der Waals surface area contributed by atoms with Crippen LogP contribution in [-0.4, -0.2) is 102 Å². The molecular weight excluding hydrogens is 817 g/mol. The van der Waals surface area contributed by atoms with Crippen LogP contribution in [0.3, 0.4) is 0 Å². The summed E-state index contributed by atoms with van der Waals surface area (Å²) < 4.78 is 106. The van der Waals surface area contributed by atoms with E-state index in [2.05, 4.69) is 20.6 Å². The minimum atomic E-state index is -4.22. The molecule has 3 aliphatic carbocycles. The van der Waals surface area contributed by atoms with Crippen molar-refractivity contribution in [3.8, 4) is 11.6 Å². The van der Waals surface area contributed by atoms with Gasteiger partial charge >= 0.3 is 6.09 Å². The Kier molecular flexibility index (Phi) is 11.7. The Morgan fingerprint density at radius 1 is 1.07 bits per heavy atom. The number of aromatic nitrogens is 2. The first-order valence-electron chi connectivity index (χ1n) is 20.5. The number of hydrogen-bond acceptors (Lipinski definition) is 11. The number of sulfonamides is 1. The maximum Gasteiger partial charge on any atom is 0.408 e. The first-order chi connectivity index (χ1) is 28.2. The maximum absolute atomic E-state index is 16.4. The van der Waals surface area contributed by atoms with Gasteiger partial charge in [-0.05, 0) is 68.4 Å². The van der Waals surface area contributed by atoms with E-state index in [0.29, 0.717) is 31.4 Å². The van der Waals surface area contributed by atoms with Gasteiger partial charge in [-0.2, -0.15) is 8.78 Å². The Hall–Kier alpha value is -4.49. The minimum Gasteiger partial charge on any atom is -0.497 e. The van der Waals surface area contributed by atoms with Crippen LogP contribution < -0.4 is 24.8 Å². The van der Waals surface area contributed by atoms with Crippen molar-refractivity contribution in [2.75, 3.05) is 13.7 Å². The molecule has 20 heteroatoms. The van der Waals surface area contributed by atoms with Crippen molar-refractivity contribution < 1.29 is 59.4 Å². The smallest absolute Gasteiger partial charge is 0.408 e. The largest absolute Gasteiger partial charge is 0.497 e. The topological polar surface area (TPSA) is 195 Å². The van der Waals surface area contributed by atoms with Crippen LogP contribution in [0.15, 0.2) is 18.2 Å². The van der Waals surface area contributed by atoms with Crippen LogP contribution in [0.4, 0.5) is 22.4 Å². The first-order valence-corrected chi connectivity index (χ1v) is 22.1. The molecule has 3 N–H and O–H groups in total. The summed E-state index contributed by atoms with van der Waals surface area (Å²) >= 11 is 0. The molecule has 3 saturated carbocycles. The zero-order valence-corrected chi connectivity index (χ0v) is 35.0. The predicted octanol–water partition coefficient (Wildman–Crippen LogP) is 4.96. The monoisotopic (exact) mass is 868 g/mol. The van der Waals surface area contributed by atoms with Crippen molar-refractivity contribution in [3.63, 3.8) is 0 Å². The van der Waals surface area contributed by atoms with E-state index in [1.165, 1.54) is 19.2 Å². The maximum atomic E-state index is 16.4. The van der Waals surface area contributed by atoms with Gasteiger partial charge < -0.3 is 29.7 Å². The molecule has 8 atom stereocenters. The molecule has 1 saturated heterocycles. The van der Waals surface area contributed by atoms with E-state index >= 15 is 8.78 Å². The second kappa shape index (κ2) is 16.1. The number of fused-ring (bicyclic) bond motifs is 5. The van der Waals surface area contributed by atoms with Crippen LogP contribution in [0.2, 0.25) is 0 Å². The first kappa shape index (κ1) is 43.6. The zero-order valence-electron chi connectivity index (χ0n) is 34.1. The number of methoxy groups -OCH3 is 1. The lowest BCUT2D eigenvalue weighted by Crippen LogP contribution is -2.61. The van der Waals surface area contributed by atoms with Gasteiger partial charge in [0.05, 0.1) is 35.9 Å². The Bertz CT molecular complexity index is 2140. The third kappa shape index (κ3) is 8.80. The van der Waals surface area contributed by atoms with Crippen LogP contribution in [0.1, 0.15) is 97.6 Å². The van der Waals surface area contributed by atoms with Crippen molar-refractivity contribution in [2.45, 2.75) is 139 Å². The minimum absolute atomic E-state index is 0.0631. The third-order valence-electron chi connectivity index (χ3n) is 12.3. The predicted molar refractivity (Wildman–Crippen MR) is 207 cm³/mol. The van der Waals surface area contributed by atoms with E-state index in [4.69, 9.17) is 14.2 Å². The van der Waals surface area contributed by atoms with E-state index in [1.54, 1.807) is 33.8 Å². The zero-order chi connectivity index (χ0) is 43.5. The molecule has 2 aliphatic heterocycles. The summed E-state index contributed by atoms with van der Waals surface area (Å²) in [5.74, 6) is -9.77. The summed E-state index contributed by atoms with van der Waals surface area (Å²) in [5.41, 5.74) is -3.80. The molecule has 3 heterocycles. The third-order valence-corrected chi connectivity index (χ3v) is 14.1. The van der Waals surface area contributed by atoms with Gasteiger partial charge in [-0.15, -0.1) is 0 Å². The molecule has 0 radical (unpaired) electrons. The number of ether oxygens (including phenoxy) is 3. The van der Waals surface area contributed by atoms with E-state index in [9.17, 15) is 36.4 Å². The Morgan fingerprint density at radius 3 is 2.43 bits per heavy atom. The molecule has 2 aromatic rings. The number of halogens is 4. The summed E-state index contributed by atoms with van der Waals surface area (Å²) in [7, 11) is -2.80. The molecule has 7 rings (SSSR count). The molecule has 60 heavy (non-hydrogen) atoms. The van der Waals surface area contributed by atoms with Crippen molar-refractivity contribution in [3.05, 3.63) is 23.9 Å². The van der Waals surface area contributed by atoms with Crippen LogP contribution in [-0.2, 0) is 35.1 Å². The van der Waals surface area contributed by atoms with Gasteiger partial charge in [0.1, 0.15) is 35.6 Å². The standard InChI is InChI=1S/C40H52F4N6O9S/c1-6-9-23-28-19-50(29(23)33(51)48-39(18-24(39)32(41)42)36(53)49-60(55,56)22-12-13-22)35(52)31(38(2,3)4)47-37(54)59-27-16-20(27)10-7-8-15-40(43,44)30-34(58-28)46-26-17-21(57-5)11-14-25(26)45-30/h11,14,17,20,22-24,27-29,31-32H,6-10,12-13,15-16,18-19H2,1-5H3,(H,47,54)(H,48,51)(H,49,53)/t20?,23-,24+,27-,28+,29+,31-,39-/m1/s1. The molecule has 330 valence electrons. The number of alkyl carbamates (subject to hydrolysis) is 1. The molecule has 1 aromatic heterocycles. The highest BCUT2D eigenvalue weighted by Gasteiger charge is 2.67. The molecule has 4 fully saturated rings. The Balaban J connectivity index is 1.32. The van der Waals surface area contributed by atoms with Gasteiger partial charge in [0, 0.05) is 18.4 Å². The highest BCUT2D eigenvalue weighted by molar-refractivity contribution is 7.91. The summed E-state index contributed by atoms with van der Waals surface area (Å²) in [5, 5.41) is 4.21. The Morgan fingerprint density at radius 2 is 1.80 bits per heavy atom. The summed E-state index contributed by atoms with van der Waals surface area (Å²) in [6, 6.07) is 1.62. The van der Waals surface area contributed by atoms with Gasteiger partial charge in [-0.3, -0.25) is 19.1 Å². The second-order valence-electron chi connectivity index (χ2n) is 17.9. The van der Waals surface area contributed by atoms with E-state index in [0.717, 1.165) is 4.90 Å². The molecular formula is C40H52F4N6O9S. The number of hydrogen-bond donors (Lipinski definition) is 3. The molecule has 2 bridgehead atoms. The SMILES string of the molecule is CCC[C@@H]1[C@@H]2CN(C(=O)[C@H](C(C)(C)C)NC(=O)O[C@@H]3CC3CCCCC(F)(F)c3nc4ccc(OC)cc4nc3O2)[C@@H]1C(=O)N[C@]1(C(=O)NS(=O)(=O)C2CC2)C[C@H]1C(F)F. The number of benzene rings is 1. The van der Waals surface area contributed by atoms with Crippen molar-refractivity contribution in [2.24, 2.45) is 23.2 Å². The van der Waals surface area contributed by atoms with Crippen LogP contribution in [0, 0.1) is 23.2 Å². The van der Waals surface area contributed by atoms with E-state index in [1.807, 2.05) is 4.72 Å². The van der Waals surface area contributed by atoms with Crippen LogP contribution >= 0.6 is 0 Å². The van der Waals surface area contributed by atoms with Crippen molar-refractivity contribution in [1.29, 1.82) is 0 Å². The normalized spacial score (nSPS) is 30.8. The van der Waals surface area contributed by atoms with E-state index in [-0.39, 0.29) is 42.6 Å². The Labute approximate surface area is 345 Å². The summed E-state index contributed by atoms with van der Waals surface area (Å²) in [6.07, 6.45) is -4.36. The number of alkyl halides is 4. The van der Waals surface area contributed by atoms with Gasteiger partial charge in [-0.25, -0.2) is 32.0 Å². The lowest BCUT2D eigenvalue weighted by atomic mass is 9.85. The summed E-state index contributed by atoms with van der Waals surface area (Å²) in [6.45, 7) is 6.37. The molecule has 15 nitrogen and oxygen atoms in total. The lowest BCUT2D eigenvalue weighted by Gasteiger charge is -2.36. The molecule has 4 amide bonds.